The molecule has 0 amide bonds. The third-order valence-corrected chi connectivity index (χ3v) is 11.0. The minimum absolute atomic E-state index is 0.626. The van der Waals surface area contributed by atoms with Crippen LogP contribution in [0.1, 0.15) is 0 Å². The Bertz CT molecular complexity index is 3160. The largest absolute Gasteiger partial charge is 0.455 e. The number of furan rings is 1. The molecule has 3 heterocycles. The molecule has 8 aromatic carbocycles. The van der Waals surface area contributed by atoms with E-state index in [1.807, 2.05) is 29.5 Å². The molecule has 0 radical (unpaired) electrons. The Morgan fingerprint density at radius 3 is 1.86 bits per heavy atom. The fraction of sp³-hybridized carbons (Fsp3) is 0. The first-order valence-corrected chi connectivity index (χ1v) is 17.5. The molecule has 0 fully saturated rings. The van der Waals surface area contributed by atoms with Crippen LogP contribution in [-0.4, -0.2) is 15.0 Å². The van der Waals surface area contributed by atoms with Crippen molar-refractivity contribution in [2.24, 2.45) is 0 Å². The van der Waals surface area contributed by atoms with Crippen LogP contribution in [0.15, 0.2) is 156 Å². The zero-order valence-corrected chi connectivity index (χ0v) is 27.4. The highest BCUT2D eigenvalue weighted by Gasteiger charge is 2.21. The minimum atomic E-state index is 0.626. The van der Waals surface area contributed by atoms with Gasteiger partial charge in [-0.05, 0) is 57.9 Å². The summed E-state index contributed by atoms with van der Waals surface area (Å²) in [5.41, 5.74) is 4.60. The lowest BCUT2D eigenvalue weighted by Gasteiger charge is -2.12. The average molecular weight is 656 g/mol. The van der Waals surface area contributed by atoms with Gasteiger partial charge in [0.2, 0.25) is 0 Å². The summed E-state index contributed by atoms with van der Waals surface area (Å²) in [4.78, 5) is 15.6. The standard InChI is InChI=1S/C45H25N3OS/c1-2-12-28(13-3-1)43-46-44(29-20-23-39-35(24-29)32-16-8-9-17-38(32)50-39)48-45(47-43)37-25-36-34-22-19-27-11-5-7-15-31(27)41(34)49-42(36)40-30-14-6-4-10-26(30)18-21-33(37)40/h1-25H. The van der Waals surface area contributed by atoms with E-state index in [4.69, 9.17) is 19.4 Å². The molecular formula is C45H25N3OS. The van der Waals surface area contributed by atoms with Crippen molar-refractivity contribution in [1.82, 2.24) is 15.0 Å². The molecule has 5 heteroatoms. The maximum absolute atomic E-state index is 6.88. The van der Waals surface area contributed by atoms with Gasteiger partial charge in [-0.25, -0.2) is 15.0 Å². The van der Waals surface area contributed by atoms with E-state index in [0.717, 1.165) is 70.9 Å². The molecule has 50 heavy (non-hydrogen) atoms. The van der Waals surface area contributed by atoms with Crippen molar-refractivity contribution < 1.29 is 4.42 Å². The van der Waals surface area contributed by atoms with Gasteiger partial charge in [0.15, 0.2) is 17.5 Å². The number of benzene rings is 8. The molecule has 0 aliphatic carbocycles. The van der Waals surface area contributed by atoms with Gasteiger partial charge in [0.05, 0.1) is 0 Å². The first-order valence-electron chi connectivity index (χ1n) is 16.7. The normalized spacial score (nSPS) is 12.0. The van der Waals surface area contributed by atoms with Crippen molar-refractivity contribution in [3.05, 3.63) is 152 Å². The lowest BCUT2D eigenvalue weighted by atomic mass is 9.95. The van der Waals surface area contributed by atoms with Gasteiger partial charge in [-0.1, -0.05) is 115 Å². The molecule has 0 atom stereocenters. The second-order valence-electron chi connectivity index (χ2n) is 12.8. The van der Waals surface area contributed by atoms with Crippen LogP contribution in [0.2, 0.25) is 0 Å². The van der Waals surface area contributed by atoms with Gasteiger partial charge in [-0.15, -0.1) is 11.3 Å². The number of fused-ring (bicyclic) bond motifs is 12. The van der Waals surface area contributed by atoms with E-state index in [0.29, 0.717) is 17.5 Å². The molecule has 0 spiro atoms. The summed E-state index contributed by atoms with van der Waals surface area (Å²) in [6.45, 7) is 0. The van der Waals surface area contributed by atoms with Gasteiger partial charge >= 0.3 is 0 Å². The highest BCUT2D eigenvalue weighted by Crippen LogP contribution is 2.44. The topological polar surface area (TPSA) is 51.8 Å². The van der Waals surface area contributed by atoms with Gasteiger partial charge < -0.3 is 4.42 Å². The molecule has 0 unspecified atom stereocenters. The maximum Gasteiger partial charge on any atom is 0.164 e. The summed E-state index contributed by atoms with van der Waals surface area (Å²) in [7, 11) is 0. The van der Waals surface area contributed by atoms with E-state index in [9.17, 15) is 0 Å². The zero-order valence-electron chi connectivity index (χ0n) is 26.6. The van der Waals surface area contributed by atoms with Crippen LogP contribution < -0.4 is 0 Å². The van der Waals surface area contributed by atoms with Crippen molar-refractivity contribution >= 4 is 85.8 Å². The monoisotopic (exact) mass is 655 g/mol. The molecule has 0 aliphatic rings. The van der Waals surface area contributed by atoms with Gasteiger partial charge in [0.1, 0.15) is 11.2 Å². The molecule has 0 saturated heterocycles. The number of hydrogen-bond acceptors (Lipinski definition) is 5. The highest BCUT2D eigenvalue weighted by molar-refractivity contribution is 7.25. The Balaban J connectivity index is 1.25. The predicted octanol–water partition coefficient (Wildman–Crippen LogP) is 12.6. The Morgan fingerprint density at radius 2 is 1.02 bits per heavy atom. The van der Waals surface area contributed by atoms with Crippen LogP contribution in [-0.2, 0) is 0 Å². The van der Waals surface area contributed by atoms with Crippen LogP contribution in [0, 0.1) is 0 Å². The van der Waals surface area contributed by atoms with Gasteiger partial charge in [0.25, 0.3) is 0 Å². The molecule has 0 saturated carbocycles. The van der Waals surface area contributed by atoms with E-state index in [-0.39, 0.29) is 0 Å². The summed E-state index contributed by atoms with van der Waals surface area (Å²) >= 11 is 1.81. The number of nitrogens with zero attached hydrogens (tertiary/aromatic N) is 3. The van der Waals surface area contributed by atoms with E-state index >= 15 is 0 Å². The van der Waals surface area contributed by atoms with E-state index in [1.165, 1.54) is 20.2 Å². The Kier molecular flexibility index (Phi) is 5.80. The third kappa shape index (κ3) is 4.08. The average Bonchev–Trinajstić information content (AvgIpc) is 3.76. The Morgan fingerprint density at radius 1 is 0.380 bits per heavy atom. The number of aromatic nitrogens is 3. The number of thiophene rings is 1. The summed E-state index contributed by atoms with van der Waals surface area (Å²) < 4.78 is 9.40. The molecule has 11 aromatic rings. The fourth-order valence-corrected chi connectivity index (χ4v) is 8.61. The van der Waals surface area contributed by atoms with Crippen molar-refractivity contribution in [2.75, 3.05) is 0 Å². The number of rotatable bonds is 3. The SMILES string of the molecule is c1ccc(-c2nc(-c3ccc4sc5ccccc5c4c3)nc(-c3cc4c5ccc6ccccc6c5oc4c4c3ccc3ccccc34)n2)cc1. The Hall–Kier alpha value is -6.43. The van der Waals surface area contributed by atoms with Crippen LogP contribution >= 0.6 is 11.3 Å². The van der Waals surface area contributed by atoms with E-state index < -0.39 is 0 Å². The molecule has 232 valence electrons. The summed E-state index contributed by atoms with van der Waals surface area (Å²) in [6, 6.07) is 53.2. The molecule has 0 bridgehead atoms. The molecular weight excluding hydrogens is 631 g/mol. The third-order valence-electron chi connectivity index (χ3n) is 9.90. The smallest absolute Gasteiger partial charge is 0.164 e. The second kappa shape index (κ2) is 10.5. The van der Waals surface area contributed by atoms with Crippen LogP contribution in [0.3, 0.4) is 0 Å². The molecule has 0 aliphatic heterocycles. The number of hydrogen-bond donors (Lipinski definition) is 0. The van der Waals surface area contributed by atoms with Crippen molar-refractivity contribution in [2.45, 2.75) is 0 Å². The minimum Gasteiger partial charge on any atom is -0.455 e. The first-order chi connectivity index (χ1) is 24.8. The van der Waals surface area contributed by atoms with Crippen molar-refractivity contribution in [3.8, 4) is 34.2 Å². The summed E-state index contributed by atoms with van der Waals surface area (Å²) in [6.07, 6.45) is 0. The van der Waals surface area contributed by atoms with Crippen LogP contribution in [0.25, 0.3) is 109 Å². The van der Waals surface area contributed by atoms with Gasteiger partial charge in [-0.2, -0.15) is 0 Å². The van der Waals surface area contributed by atoms with Crippen LogP contribution in [0.4, 0.5) is 0 Å². The predicted molar refractivity (Wildman–Crippen MR) is 209 cm³/mol. The lowest BCUT2D eigenvalue weighted by Crippen LogP contribution is -2.00. The highest BCUT2D eigenvalue weighted by atomic mass is 32.1. The Labute approximate surface area is 289 Å². The molecule has 11 rings (SSSR count). The summed E-state index contributed by atoms with van der Waals surface area (Å²) in [5.74, 6) is 1.91. The summed E-state index contributed by atoms with van der Waals surface area (Å²) in [5, 5.41) is 11.2. The first kappa shape index (κ1) is 27.5. The molecule has 0 N–H and O–H groups in total. The van der Waals surface area contributed by atoms with Crippen molar-refractivity contribution in [3.63, 3.8) is 0 Å². The second-order valence-corrected chi connectivity index (χ2v) is 13.8. The van der Waals surface area contributed by atoms with Crippen molar-refractivity contribution in [1.29, 1.82) is 0 Å². The van der Waals surface area contributed by atoms with Crippen LogP contribution in [0.5, 0.6) is 0 Å². The van der Waals surface area contributed by atoms with Gasteiger partial charge in [0, 0.05) is 58.4 Å². The maximum atomic E-state index is 6.88. The zero-order chi connectivity index (χ0) is 32.8. The quantitative estimate of drug-likeness (QED) is 0.178. The molecule has 3 aromatic heterocycles. The fourth-order valence-electron chi connectivity index (χ4n) is 7.53. The van der Waals surface area contributed by atoms with Gasteiger partial charge in [-0.3, -0.25) is 0 Å². The van der Waals surface area contributed by atoms with E-state index in [1.54, 1.807) is 0 Å². The van der Waals surface area contributed by atoms with E-state index in [2.05, 4.69) is 133 Å². The molecule has 4 nitrogen and oxygen atoms in total. The lowest BCUT2D eigenvalue weighted by molar-refractivity contribution is 0.676.